The second-order valence-corrected chi connectivity index (χ2v) is 2.42. The van der Waals surface area contributed by atoms with Crippen molar-refractivity contribution in [1.82, 2.24) is 0 Å². The first kappa shape index (κ1) is 19.5. The van der Waals surface area contributed by atoms with E-state index in [2.05, 4.69) is 0 Å². The molecule has 7 nitrogen and oxygen atoms in total. The van der Waals surface area contributed by atoms with Gasteiger partial charge in [-0.15, -0.1) is 0 Å². The molecule has 8 heteroatoms. The zero-order valence-corrected chi connectivity index (χ0v) is 7.77. The van der Waals surface area contributed by atoms with Crippen molar-refractivity contribution in [2.45, 2.75) is 25.9 Å². The van der Waals surface area contributed by atoms with Crippen molar-refractivity contribution in [3.05, 3.63) is 0 Å². The van der Waals surface area contributed by atoms with Gasteiger partial charge in [-0.3, -0.25) is 0 Å². The average Bonchev–Trinajstić information content (AvgIpc) is 1.82. The van der Waals surface area contributed by atoms with Crippen molar-refractivity contribution < 1.29 is 51.9 Å². The molecule has 0 aliphatic heterocycles. The van der Waals surface area contributed by atoms with Crippen LogP contribution in [0, 0.1) is 0 Å². The number of aliphatic carboxylic acids is 3. The molecule has 0 aromatic rings. The molecule has 0 bridgehead atoms. The maximum atomic E-state index is 10.1. The van der Waals surface area contributed by atoms with E-state index in [1.807, 2.05) is 0 Å². The molecule has 15 heavy (non-hydrogen) atoms. The normalized spacial score (nSPS) is 9.40. The van der Waals surface area contributed by atoms with Crippen LogP contribution in [0.3, 0.4) is 0 Å². The summed E-state index contributed by atoms with van der Waals surface area (Å²) in [7, 11) is 0. The molecular weight excluding hydrogens is 252 g/mol. The van der Waals surface area contributed by atoms with Crippen molar-refractivity contribution in [1.29, 1.82) is 0 Å². The molecule has 0 aliphatic rings. The van der Waals surface area contributed by atoms with Gasteiger partial charge in [0.2, 0.25) is 0 Å². The Morgan fingerprint density at radius 2 is 1.27 bits per heavy atom. The summed E-state index contributed by atoms with van der Waals surface area (Å²) in [5.41, 5.74) is -2.97. The first-order chi connectivity index (χ1) is 5.78. The smallest absolute Gasteiger partial charge is 0.550 e. The maximum Gasteiger partial charge on any atom is 3.00 e. The van der Waals surface area contributed by atoms with Gasteiger partial charge in [-0.05, 0) is 0 Å². The van der Waals surface area contributed by atoms with Gasteiger partial charge < -0.3 is 34.8 Å². The minimum absolute atomic E-state index is 0. The second kappa shape index (κ2) is 7.22. The Hall–Kier alpha value is -1.11. The van der Waals surface area contributed by atoms with Gasteiger partial charge in [-0.25, -0.2) is 0 Å². The third-order valence-electron chi connectivity index (χ3n) is 1.25. The molecule has 87 valence electrons. The number of carbonyl (C=O) groups excluding carboxylic acids is 3. The largest absolute Gasteiger partial charge is 3.00 e. The number of aliphatic hydroxyl groups is 1. The first-order valence-corrected chi connectivity index (χ1v) is 3.11. The predicted octanol–water partition coefficient (Wildman–Crippen LogP) is -4.62. The topological polar surface area (TPSA) is 141 Å². The molecule has 0 fully saturated rings. The Bertz CT molecular complexity index is 234. The molecule has 0 saturated heterocycles. The summed E-state index contributed by atoms with van der Waals surface area (Å²) in [5.74, 6) is -5.98. The third-order valence-corrected chi connectivity index (χ3v) is 1.25. The van der Waals surface area contributed by atoms with E-state index in [-0.39, 0.29) is 24.5 Å². The van der Waals surface area contributed by atoms with Crippen LogP contribution in [-0.4, -0.2) is 28.6 Å². The summed E-state index contributed by atoms with van der Waals surface area (Å²) in [4.78, 5) is 30.0. The van der Waals surface area contributed by atoms with Crippen molar-refractivity contribution in [2.24, 2.45) is 0 Å². The summed E-state index contributed by atoms with van der Waals surface area (Å²) in [6.45, 7) is 0. The molecule has 0 heterocycles. The van der Waals surface area contributed by atoms with Gasteiger partial charge >= 0.3 is 17.1 Å². The van der Waals surface area contributed by atoms with E-state index in [1.165, 1.54) is 0 Å². The molecule has 0 amide bonds. The molecule has 1 radical (unpaired) electrons. The molecular formula is C7H9FeO7. The van der Waals surface area contributed by atoms with E-state index in [0.717, 1.165) is 0 Å². The quantitative estimate of drug-likeness (QED) is 0.490. The maximum absolute atomic E-state index is 10.1. The van der Waals surface area contributed by atoms with E-state index in [1.54, 1.807) is 0 Å². The minimum Gasteiger partial charge on any atom is -0.550 e. The van der Waals surface area contributed by atoms with Gasteiger partial charge in [0, 0.05) is 24.8 Å². The third kappa shape index (κ3) is 6.89. The number of hydrogen-bond acceptors (Lipinski definition) is 7. The first-order valence-electron chi connectivity index (χ1n) is 3.11. The van der Waals surface area contributed by atoms with Crippen LogP contribution in [-0.2, 0) is 31.5 Å². The van der Waals surface area contributed by atoms with Crippen LogP contribution in [0.2, 0.25) is 0 Å². The van der Waals surface area contributed by atoms with Gasteiger partial charge in [0.15, 0.2) is 0 Å². The monoisotopic (exact) mass is 261 g/mol. The summed E-state index contributed by atoms with van der Waals surface area (Å²) in [6.07, 6.45) is -2.72. The summed E-state index contributed by atoms with van der Waals surface area (Å²) >= 11 is 0. The fourth-order valence-corrected chi connectivity index (χ4v) is 0.684. The van der Waals surface area contributed by atoms with E-state index < -0.39 is 36.4 Å². The molecule has 0 aliphatic carbocycles. The Kier molecular flexibility index (Phi) is 9.36. The Morgan fingerprint density at radius 1 is 1.00 bits per heavy atom. The van der Waals surface area contributed by atoms with Crippen molar-refractivity contribution in [2.75, 3.05) is 0 Å². The van der Waals surface area contributed by atoms with E-state index in [4.69, 9.17) is 5.11 Å². The molecule has 0 saturated carbocycles. The zero-order valence-electron chi connectivity index (χ0n) is 6.66. The van der Waals surface area contributed by atoms with Gasteiger partial charge in [0.25, 0.3) is 0 Å². The molecule has 0 rings (SSSR count). The van der Waals surface area contributed by atoms with Crippen molar-refractivity contribution in [3.63, 3.8) is 0 Å². The summed E-state index contributed by atoms with van der Waals surface area (Å²) in [5, 5.41) is 38.9. The van der Waals surface area contributed by atoms with Crippen LogP contribution in [0.25, 0.3) is 0 Å². The van der Waals surface area contributed by atoms with Gasteiger partial charge in [0.05, 0.1) is 5.97 Å². The van der Waals surface area contributed by atoms with Gasteiger partial charge in [-0.1, -0.05) is 7.43 Å². The molecule has 0 unspecified atom stereocenters. The van der Waals surface area contributed by atoms with E-state index >= 15 is 0 Å². The number of carboxylic acids is 3. The fraction of sp³-hybridized carbons (Fsp3) is 0.571. The number of hydrogen-bond donors (Lipinski definition) is 1. The predicted molar refractivity (Wildman–Crippen MR) is 35.9 cm³/mol. The van der Waals surface area contributed by atoms with Gasteiger partial charge in [-0.2, -0.15) is 0 Å². The standard InChI is InChI=1S/C6H8O7.CH4.Fe/c7-3(8)1-6(13,5(11)12)2-4(9)10;;/h13H,1-2H2,(H,7,8)(H,9,10)(H,11,12);1H4;/q;;+3/p-3. The SMILES string of the molecule is C.O=C([O-])CC(O)(CC(=O)[O-])C(=O)[O-].[Fe+3]. The second-order valence-electron chi connectivity index (χ2n) is 2.42. The van der Waals surface area contributed by atoms with Crippen LogP contribution in [0.1, 0.15) is 20.3 Å². The summed E-state index contributed by atoms with van der Waals surface area (Å²) < 4.78 is 0. The molecule has 0 atom stereocenters. The summed E-state index contributed by atoms with van der Waals surface area (Å²) in [6, 6.07) is 0. The van der Waals surface area contributed by atoms with E-state index in [0.29, 0.717) is 0 Å². The van der Waals surface area contributed by atoms with Crippen molar-refractivity contribution >= 4 is 17.9 Å². The van der Waals surface area contributed by atoms with Gasteiger partial charge in [0.1, 0.15) is 5.60 Å². The van der Waals surface area contributed by atoms with Crippen LogP contribution < -0.4 is 15.3 Å². The van der Waals surface area contributed by atoms with Crippen LogP contribution in [0.15, 0.2) is 0 Å². The molecule has 0 aromatic carbocycles. The Morgan fingerprint density at radius 3 is 1.40 bits per heavy atom. The van der Waals surface area contributed by atoms with Crippen molar-refractivity contribution in [3.8, 4) is 0 Å². The minimum atomic E-state index is -2.97. The van der Waals surface area contributed by atoms with Crippen LogP contribution in [0.5, 0.6) is 0 Å². The zero-order chi connectivity index (χ0) is 10.6. The van der Waals surface area contributed by atoms with E-state index in [9.17, 15) is 29.7 Å². The number of carboxylic acid groups (broad SMARTS) is 3. The Labute approximate surface area is 96.2 Å². The van der Waals surface area contributed by atoms with Crippen LogP contribution in [0.4, 0.5) is 0 Å². The molecule has 0 aromatic heterocycles. The fourth-order valence-electron chi connectivity index (χ4n) is 0.684. The van der Waals surface area contributed by atoms with Crippen LogP contribution >= 0.6 is 0 Å². The molecule has 1 N–H and O–H groups in total. The Balaban J connectivity index is -0.000000720. The average molecular weight is 261 g/mol. The molecule has 0 spiro atoms. The number of carbonyl (C=O) groups is 3. The number of rotatable bonds is 5.